The van der Waals surface area contributed by atoms with Crippen molar-refractivity contribution >= 4 is 24.1 Å². The van der Waals surface area contributed by atoms with E-state index in [0.717, 1.165) is 28.4 Å². The van der Waals surface area contributed by atoms with Gasteiger partial charge in [0.05, 0.1) is 29.6 Å². The number of nitrogens with zero attached hydrogens (tertiary/aromatic N) is 6. The van der Waals surface area contributed by atoms with Crippen molar-refractivity contribution in [3.8, 4) is 11.3 Å². The number of aromatic nitrogens is 2. The summed E-state index contributed by atoms with van der Waals surface area (Å²) in [4.78, 5) is 25.0. The van der Waals surface area contributed by atoms with E-state index in [1.807, 2.05) is 24.8 Å². The van der Waals surface area contributed by atoms with Crippen LogP contribution in [0.5, 0.6) is 0 Å². The number of aliphatic imine (C=N–C) groups is 3. The van der Waals surface area contributed by atoms with Gasteiger partial charge in [-0.05, 0) is 24.0 Å². The second kappa shape index (κ2) is 7.02. The lowest BCUT2D eigenvalue weighted by Crippen LogP contribution is -2.42. The van der Waals surface area contributed by atoms with Gasteiger partial charge in [-0.3, -0.25) is 9.98 Å². The summed E-state index contributed by atoms with van der Waals surface area (Å²) in [5.41, 5.74) is 5.04. The molecule has 3 heterocycles. The molecule has 0 radical (unpaired) electrons. The SMILES string of the molecule is CC(C)C1=NC=NC2C1N=CN2c1cccc(-c2cncc(C(C)C)n2)c1. The third-order valence-electron chi connectivity index (χ3n) is 4.92. The fourth-order valence-corrected chi connectivity index (χ4v) is 3.40. The third-order valence-corrected chi connectivity index (χ3v) is 4.92. The molecule has 6 heteroatoms. The molecule has 27 heavy (non-hydrogen) atoms. The van der Waals surface area contributed by atoms with Crippen LogP contribution in [0.1, 0.15) is 39.3 Å². The molecule has 0 amide bonds. The van der Waals surface area contributed by atoms with E-state index >= 15 is 0 Å². The molecule has 1 aromatic heterocycles. The van der Waals surface area contributed by atoms with Crippen LogP contribution >= 0.6 is 0 Å². The van der Waals surface area contributed by atoms with Gasteiger partial charge >= 0.3 is 0 Å². The number of fused-ring (bicyclic) bond motifs is 1. The molecule has 6 nitrogen and oxygen atoms in total. The van der Waals surface area contributed by atoms with Gasteiger partial charge in [0.1, 0.15) is 12.4 Å². The van der Waals surface area contributed by atoms with Crippen molar-refractivity contribution in [3.63, 3.8) is 0 Å². The van der Waals surface area contributed by atoms with Gasteiger partial charge < -0.3 is 4.90 Å². The molecule has 0 bridgehead atoms. The third kappa shape index (κ3) is 3.27. The Hall–Kier alpha value is -2.89. The second-order valence-corrected chi connectivity index (χ2v) is 7.54. The predicted octanol–water partition coefficient (Wildman–Crippen LogP) is 3.95. The van der Waals surface area contributed by atoms with Crippen molar-refractivity contribution in [1.29, 1.82) is 0 Å². The molecule has 0 spiro atoms. The lowest BCUT2D eigenvalue weighted by atomic mass is 9.98. The fourth-order valence-electron chi connectivity index (χ4n) is 3.40. The van der Waals surface area contributed by atoms with Crippen LogP contribution < -0.4 is 4.90 Å². The highest BCUT2D eigenvalue weighted by Gasteiger charge is 2.37. The zero-order chi connectivity index (χ0) is 19.0. The molecule has 4 rings (SSSR count). The Kier molecular flexibility index (Phi) is 4.56. The van der Waals surface area contributed by atoms with E-state index in [4.69, 9.17) is 4.98 Å². The minimum Gasteiger partial charge on any atom is -0.307 e. The first-order valence-corrected chi connectivity index (χ1v) is 9.38. The van der Waals surface area contributed by atoms with Crippen LogP contribution in [-0.2, 0) is 0 Å². The molecular weight excluding hydrogens is 336 g/mol. The molecule has 2 aromatic rings. The zero-order valence-electron chi connectivity index (χ0n) is 16.1. The van der Waals surface area contributed by atoms with Gasteiger partial charge in [0.2, 0.25) is 0 Å². The lowest BCUT2D eigenvalue weighted by Gasteiger charge is -2.28. The Balaban J connectivity index is 1.65. The summed E-state index contributed by atoms with van der Waals surface area (Å²) in [5, 5.41) is 0. The minimum atomic E-state index is -0.0665. The molecule has 0 N–H and O–H groups in total. The van der Waals surface area contributed by atoms with Crippen molar-refractivity contribution in [2.24, 2.45) is 20.9 Å². The van der Waals surface area contributed by atoms with Crippen LogP contribution in [0.15, 0.2) is 51.6 Å². The van der Waals surface area contributed by atoms with Gasteiger partial charge in [0.25, 0.3) is 0 Å². The van der Waals surface area contributed by atoms with Crippen molar-refractivity contribution in [3.05, 3.63) is 42.4 Å². The van der Waals surface area contributed by atoms with E-state index in [1.54, 1.807) is 6.34 Å². The first-order valence-electron chi connectivity index (χ1n) is 9.38. The average Bonchev–Trinajstić information content (AvgIpc) is 3.12. The van der Waals surface area contributed by atoms with Crippen LogP contribution in [0.4, 0.5) is 5.69 Å². The molecular formula is C21H24N6. The Bertz CT molecular complexity index is 928. The molecule has 0 fully saturated rings. The van der Waals surface area contributed by atoms with Crippen molar-refractivity contribution in [2.75, 3.05) is 4.90 Å². The molecule has 1 aromatic carbocycles. The standard InChI is InChI=1S/C21H24N6/c1-13(2)17-9-22-10-18(26-17)15-6-5-7-16(8-15)27-12-25-20-19(14(3)4)23-11-24-21(20)27/h5-14,20-21H,1-4H3. The quantitative estimate of drug-likeness (QED) is 0.829. The maximum absolute atomic E-state index is 4.76. The summed E-state index contributed by atoms with van der Waals surface area (Å²) in [6.45, 7) is 8.54. The molecule has 2 aliphatic heterocycles. The molecule has 2 aliphatic rings. The molecule has 138 valence electrons. The summed E-state index contributed by atoms with van der Waals surface area (Å²) >= 11 is 0. The van der Waals surface area contributed by atoms with E-state index in [-0.39, 0.29) is 12.2 Å². The molecule has 2 atom stereocenters. The largest absolute Gasteiger partial charge is 0.307 e. The summed E-state index contributed by atoms with van der Waals surface area (Å²) in [7, 11) is 0. The van der Waals surface area contributed by atoms with Gasteiger partial charge in [-0.2, -0.15) is 0 Å². The maximum atomic E-state index is 4.76. The van der Waals surface area contributed by atoms with Gasteiger partial charge in [-0.15, -0.1) is 0 Å². The monoisotopic (exact) mass is 360 g/mol. The van der Waals surface area contributed by atoms with Crippen LogP contribution in [0.3, 0.4) is 0 Å². The Labute approximate surface area is 159 Å². The van der Waals surface area contributed by atoms with E-state index in [9.17, 15) is 0 Å². The smallest absolute Gasteiger partial charge is 0.155 e. The van der Waals surface area contributed by atoms with E-state index in [1.165, 1.54) is 0 Å². The van der Waals surface area contributed by atoms with Crippen molar-refractivity contribution < 1.29 is 0 Å². The number of benzene rings is 1. The normalized spacial score (nSPS) is 21.1. The lowest BCUT2D eigenvalue weighted by molar-refractivity contribution is 0.651. The van der Waals surface area contributed by atoms with Crippen molar-refractivity contribution in [2.45, 2.75) is 45.8 Å². The molecule has 2 unspecified atom stereocenters. The summed E-state index contributed by atoms with van der Waals surface area (Å²) in [6.07, 6.45) is 7.13. The molecule has 0 aliphatic carbocycles. The highest BCUT2D eigenvalue weighted by molar-refractivity contribution is 6.02. The van der Waals surface area contributed by atoms with Crippen LogP contribution in [0.2, 0.25) is 0 Å². The highest BCUT2D eigenvalue weighted by atomic mass is 15.3. The Morgan fingerprint density at radius 1 is 1.00 bits per heavy atom. The van der Waals surface area contributed by atoms with Gasteiger partial charge in [-0.1, -0.05) is 39.8 Å². The number of rotatable bonds is 4. The zero-order valence-corrected chi connectivity index (χ0v) is 16.1. The predicted molar refractivity (Wildman–Crippen MR) is 111 cm³/mol. The minimum absolute atomic E-state index is 0.0114. The molecule has 0 saturated carbocycles. The van der Waals surface area contributed by atoms with Crippen LogP contribution in [0, 0.1) is 5.92 Å². The van der Waals surface area contributed by atoms with E-state index < -0.39 is 0 Å². The second-order valence-electron chi connectivity index (χ2n) is 7.54. The topological polar surface area (TPSA) is 66.1 Å². The maximum Gasteiger partial charge on any atom is 0.155 e. The first kappa shape index (κ1) is 17.5. The van der Waals surface area contributed by atoms with Crippen LogP contribution in [-0.4, -0.2) is 40.6 Å². The first-order chi connectivity index (χ1) is 13.0. The average molecular weight is 360 g/mol. The Morgan fingerprint density at radius 2 is 1.85 bits per heavy atom. The molecule has 0 saturated heterocycles. The fraction of sp³-hybridized carbons (Fsp3) is 0.381. The number of anilines is 1. The summed E-state index contributed by atoms with van der Waals surface area (Å²) in [6, 6.07) is 8.29. The van der Waals surface area contributed by atoms with Crippen molar-refractivity contribution in [1.82, 2.24) is 9.97 Å². The van der Waals surface area contributed by atoms with Gasteiger partial charge in [0, 0.05) is 17.4 Å². The van der Waals surface area contributed by atoms with E-state index in [0.29, 0.717) is 11.8 Å². The number of hydrogen-bond acceptors (Lipinski definition) is 6. The van der Waals surface area contributed by atoms with Gasteiger partial charge in [-0.25, -0.2) is 15.0 Å². The summed E-state index contributed by atoms with van der Waals surface area (Å²) < 4.78 is 0. The Morgan fingerprint density at radius 3 is 2.63 bits per heavy atom. The summed E-state index contributed by atoms with van der Waals surface area (Å²) in [5.74, 6) is 0.694. The highest BCUT2D eigenvalue weighted by Crippen LogP contribution is 2.30. The van der Waals surface area contributed by atoms with Gasteiger partial charge in [0.15, 0.2) is 6.17 Å². The number of hydrogen-bond donors (Lipinski definition) is 0. The van der Waals surface area contributed by atoms with Crippen LogP contribution in [0.25, 0.3) is 11.3 Å². The van der Waals surface area contributed by atoms with E-state index in [2.05, 4.69) is 70.8 Å².